The number of carbonyl (C=O) groups is 1. The smallest absolute Gasteiger partial charge is 0.329 e. The molecule has 8 heteroatoms. The van der Waals surface area contributed by atoms with Crippen molar-refractivity contribution in [3.05, 3.63) is 84.3 Å². The minimum atomic E-state index is -4.70. The Kier molecular flexibility index (Phi) is 5.05. The highest BCUT2D eigenvalue weighted by molar-refractivity contribution is 6.03. The normalized spacial score (nSPS) is 11.8. The highest BCUT2D eigenvalue weighted by atomic mass is 19.4. The van der Waals surface area contributed by atoms with Crippen LogP contribution in [0, 0.1) is 0 Å². The van der Waals surface area contributed by atoms with Gasteiger partial charge in [-0.2, -0.15) is 18.2 Å². The summed E-state index contributed by atoms with van der Waals surface area (Å²) < 4.78 is 41.9. The highest BCUT2D eigenvalue weighted by Crippen LogP contribution is 2.29. The first kappa shape index (κ1) is 19.4. The van der Waals surface area contributed by atoms with Crippen LogP contribution in [0.2, 0.25) is 0 Å². The molecule has 0 aliphatic heterocycles. The second kappa shape index (κ2) is 7.82. The molecule has 1 aromatic heterocycles. The number of nitrogens with one attached hydrogen (secondary N) is 1. The summed E-state index contributed by atoms with van der Waals surface area (Å²) in [4.78, 5) is 15.6. The van der Waals surface area contributed by atoms with Gasteiger partial charge in [-0.15, -0.1) is 0 Å². The summed E-state index contributed by atoms with van der Waals surface area (Å²) in [5.41, 5.74) is 1.72. The van der Waals surface area contributed by atoms with Crippen LogP contribution in [0.25, 0.3) is 28.2 Å². The van der Waals surface area contributed by atoms with Crippen LogP contribution < -0.4 is 5.32 Å². The van der Waals surface area contributed by atoms with Crippen LogP contribution in [0.15, 0.2) is 77.3 Å². The lowest BCUT2D eigenvalue weighted by Gasteiger charge is -2.04. The molecule has 0 saturated carbocycles. The number of aromatic nitrogens is 2. The Labute approximate surface area is 168 Å². The van der Waals surface area contributed by atoms with Crippen molar-refractivity contribution in [3.63, 3.8) is 0 Å². The summed E-state index contributed by atoms with van der Waals surface area (Å²) in [5, 5.41) is 8.13. The van der Waals surface area contributed by atoms with Crippen LogP contribution in [0.1, 0.15) is 11.5 Å². The first-order valence-corrected chi connectivity index (χ1v) is 8.88. The lowest BCUT2D eigenvalue weighted by Crippen LogP contribution is -2.07. The van der Waals surface area contributed by atoms with E-state index in [1.807, 2.05) is 42.5 Å². The molecule has 0 saturated heterocycles. The first-order valence-electron chi connectivity index (χ1n) is 8.88. The molecule has 0 aliphatic rings. The molecule has 1 heterocycles. The zero-order chi connectivity index (χ0) is 21.1. The molecule has 0 aliphatic carbocycles. The molecule has 4 aromatic rings. The Morgan fingerprint density at radius 3 is 2.43 bits per heavy atom. The van der Waals surface area contributed by atoms with Gasteiger partial charge >= 0.3 is 12.1 Å². The van der Waals surface area contributed by atoms with Crippen molar-refractivity contribution in [3.8, 4) is 11.4 Å². The molecule has 30 heavy (non-hydrogen) atoms. The molecule has 1 amide bonds. The summed E-state index contributed by atoms with van der Waals surface area (Å²) >= 11 is 0. The lowest BCUT2D eigenvalue weighted by atomic mass is 10.0. The van der Waals surface area contributed by atoms with Crippen molar-refractivity contribution in [2.24, 2.45) is 0 Å². The Balaban J connectivity index is 1.45. The zero-order valence-electron chi connectivity index (χ0n) is 15.4. The number of carbonyl (C=O) groups excluding carboxylic acids is 1. The molecular weight excluding hydrogens is 395 g/mol. The third kappa shape index (κ3) is 4.22. The van der Waals surface area contributed by atoms with E-state index in [-0.39, 0.29) is 11.7 Å². The Hall–Kier alpha value is -3.94. The number of alkyl halides is 3. The molecule has 150 valence electrons. The van der Waals surface area contributed by atoms with Gasteiger partial charge < -0.3 is 9.84 Å². The fourth-order valence-electron chi connectivity index (χ4n) is 2.90. The highest BCUT2D eigenvalue weighted by Gasteiger charge is 2.38. The van der Waals surface area contributed by atoms with E-state index in [4.69, 9.17) is 0 Å². The SMILES string of the molecule is O=C(C=Cc1cccc2ccccc12)Nc1ccc(-c2noc(C(F)(F)F)n2)cc1. The van der Waals surface area contributed by atoms with Crippen molar-refractivity contribution in [2.75, 3.05) is 5.32 Å². The van der Waals surface area contributed by atoms with E-state index in [0.29, 0.717) is 11.3 Å². The molecule has 3 aromatic carbocycles. The summed E-state index contributed by atoms with van der Waals surface area (Å²) in [6.07, 6.45) is -1.55. The summed E-state index contributed by atoms with van der Waals surface area (Å²) in [7, 11) is 0. The van der Waals surface area contributed by atoms with Crippen LogP contribution in [0.4, 0.5) is 18.9 Å². The fraction of sp³-hybridized carbons (Fsp3) is 0.0455. The van der Waals surface area contributed by atoms with Crippen molar-refractivity contribution in [1.82, 2.24) is 10.1 Å². The molecule has 0 radical (unpaired) electrons. The average molecular weight is 409 g/mol. The minimum Gasteiger partial charge on any atom is -0.329 e. The molecule has 0 unspecified atom stereocenters. The monoisotopic (exact) mass is 409 g/mol. The molecule has 0 spiro atoms. The number of anilines is 1. The van der Waals surface area contributed by atoms with E-state index >= 15 is 0 Å². The van der Waals surface area contributed by atoms with Crippen LogP contribution in [0.3, 0.4) is 0 Å². The fourth-order valence-corrected chi connectivity index (χ4v) is 2.90. The van der Waals surface area contributed by atoms with Gasteiger partial charge in [0.25, 0.3) is 0 Å². The van der Waals surface area contributed by atoms with E-state index in [1.54, 1.807) is 18.2 Å². The number of nitrogens with zero attached hydrogens (tertiary/aromatic N) is 2. The number of amides is 1. The topological polar surface area (TPSA) is 68.0 Å². The van der Waals surface area contributed by atoms with Crippen molar-refractivity contribution in [1.29, 1.82) is 0 Å². The Bertz CT molecular complexity index is 1220. The molecule has 0 bridgehead atoms. The van der Waals surface area contributed by atoms with Gasteiger partial charge in [0.05, 0.1) is 0 Å². The van der Waals surface area contributed by atoms with Gasteiger partial charge in [0.15, 0.2) is 0 Å². The van der Waals surface area contributed by atoms with Gasteiger partial charge in [-0.1, -0.05) is 47.6 Å². The number of benzene rings is 3. The lowest BCUT2D eigenvalue weighted by molar-refractivity contribution is -0.159. The van der Waals surface area contributed by atoms with Gasteiger partial charge in [0.1, 0.15) is 0 Å². The number of hydrogen-bond acceptors (Lipinski definition) is 4. The summed E-state index contributed by atoms with van der Waals surface area (Å²) in [5.74, 6) is -1.93. The van der Waals surface area contributed by atoms with Crippen molar-refractivity contribution in [2.45, 2.75) is 6.18 Å². The van der Waals surface area contributed by atoms with E-state index in [2.05, 4.69) is 20.0 Å². The van der Waals surface area contributed by atoms with Crippen LogP contribution in [-0.4, -0.2) is 16.0 Å². The molecular formula is C22H14F3N3O2. The van der Waals surface area contributed by atoms with Gasteiger partial charge in [-0.05, 0) is 46.7 Å². The Morgan fingerprint density at radius 1 is 0.967 bits per heavy atom. The van der Waals surface area contributed by atoms with E-state index < -0.39 is 12.1 Å². The maximum Gasteiger partial charge on any atom is 0.471 e. The second-order valence-corrected chi connectivity index (χ2v) is 6.39. The quantitative estimate of drug-likeness (QED) is 0.448. The number of fused-ring (bicyclic) bond motifs is 1. The molecule has 4 rings (SSSR count). The number of halogens is 3. The van der Waals surface area contributed by atoms with Crippen LogP contribution >= 0.6 is 0 Å². The summed E-state index contributed by atoms with van der Waals surface area (Å²) in [6, 6.07) is 19.8. The second-order valence-electron chi connectivity index (χ2n) is 6.39. The van der Waals surface area contributed by atoms with Gasteiger partial charge in [0.2, 0.25) is 11.7 Å². The first-order chi connectivity index (χ1) is 14.4. The maximum absolute atomic E-state index is 12.6. The van der Waals surface area contributed by atoms with Crippen LogP contribution in [0.5, 0.6) is 0 Å². The largest absolute Gasteiger partial charge is 0.471 e. The van der Waals surface area contributed by atoms with Crippen molar-refractivity contribution < 1.29 is 22.5 Å². The van der Waals surface area contributed by atoms with E-state index in [1.165, 1.54) is 18.2 Å². The standard InChI is InChI=1S/C22H14F3N3O2/c23-22(24,25)21-27-20(28-30-21)16-8-11-17(12-9-16)26-19(29)13-10-15-6-3-5-14-4-1-2-7-18(14)15/h1-13H,(H,26,29). The molecule has 1 N–H and O–H groups in total. The van der Waals surface area contributed by atoms with Gasteiger partial charge in [0, 0.05) is 17.3 Å². The molecule has 5 nitrogen and oxygen atoms in total. The summed E-state index contributed by atoms with van der Waals surface area (Å²) in [6.45, 7) is 0. The third-order valence-corrected chi connectivity index (χ3v) is 4.32. The maximum atomic E-state index is 12.6. The van der Waals surface area contributed by atoms with E-state index in [0.717, 1.165) is 16.3 Å². The van der Waals surface area contributed by atoms with Crippen molar-refractivity contribution >= 4 is 28.4 Å². The van der Waals surface area contributed by atoms with E-state index in [9.17, 15) is 18.0 Å². The number of rotatable bonds is 4. The minimum absolute atomic E-state index is 0.184. The van der Waals surface area contributed by atoms with Gasteiger partial charge in [-0.25, -0.2) is 0 Å². The zero-order valence-corrected chi connectivity index (χ0v) is 15.4. The van der Waals surface area contributed by atoms with Crippen LogP contribution in [-0.2, 0) is 11.0 Å². The Morgan fingerprint density at radius 2 is 1.70 bits per heavy atom. The molecule has 0 fully saturated rings. The predicted octanol–water partition coefficient (Wildman–Crippen LogP) is 5.56. The third-order valence-electron chi connectivity index (χ3n) is 4.32. The number of hydrogen-bond donors (Lipinski definition) is 1. The predicted molar refractivity (Wildman–Crippen MR) is 106 cm³/mol. The molecule has 0 atom stereocenters. The van der Waals surface area contributed by atoms with Gasteiger partial charge in [-0.3, -0.25) is 4.79 Å². The average Bonchev–Trinajstić information content (AvgIpc) is 3.24.